The van der Waals surface area contributed by atoms with Crippen molar-refractivity contribution < 1.29 is 24.2 Å². The number of carboxylic acids is 1. The summed E-state index contributed by atoms with van der Waals surface area (Å²) in [4.78, 5) is 25.7. The predicted molar refractivity (Wildman–Crippen MR) is 224 cm³/mol. The molecule has 2 saturated carbocycles. The van der Waals surface area contributed by atoms with Crippen LogP contribution in [0.25, 0.3) is 33.2 Å². The zero-order chi connectivity index (χ0) is 39.6. The first-order valence-corrected chi connectivity index (χ1v) is 20.7. The number of nitrogens with zero attached hydrogens (tertiary/aromatic N) is 3. The fraction of sp³-hybridized carbons (Fsp3) is 0.400. The van der Waals surface area contributed by atoms with Crippen LogP contribution in [0.4, 0.5) is 0 Å². The van der Waals surface area contributed by atoms with Crippen LogP contribution in [0.1, 0.15) is 68.1 Å². The van der Waals surface area contributed by atoms with E-state index in [9.17, 15) is 14.7 Å². The Morgan fingerprint density at radius 3 is 2.28 bits per heavy atom. The molecule has 8 rings (SSSR count). The monoisotopic (exact) mass is 809 g/mol. The molecule has 5 aromatic rings. The first kappa shape index (κ1) is 39.2. The van der Waals surface area contributed by atoms with E-state index in [1.807, 2.05) is 53.3 Å². The Hall–Kier alpha value is -4.61. The number of carbonyl (C=O) groups is 2. The van der Waals surface area contributed by atoms with Gasteiger partial charge < -0.3 is 25.2 Å². The molecule has 0 spiro atoms. The van der Waals surface area contributed by atoms with Crippen LogP contribution >= 0.6 is 23.2 Å². The van der Waals surface area contributed by atoms with Crippen molar-refractivity contribution >= 4 is 46.0 Å². The number of carbonyl (C=O) groups excluding carboxylic acids is 1. The number of amides is 1. The molecule has 0 radical (unpaired) electrons. The highest BCUT2D eigenvalue weighted by molar-refractivity contribution is 6.36. The van der Waals surface area contributed by atoms with Gasteiger partial charge in [0.2, 0.25) is 5.91 Å². The van der Waals surface area contributed by atoms with Crippen LogP contribution in [0, 0.1) is 5.92 Å². The Labute approximate surface area is 343 Å². The molecule has 57 heavy (non-hydrogen) atoms. The van der Waals surface area contributed by atoms with E-state index >= 15 is 0 Å². The summed E-state index contributed by atoms with van der Waals surface area (Å²) in [7, 11) is 3.38. The zero-order valence-corrected chi connectivity index (χ0v) is 33.9. The SMILES string of the molecule is COc1cc(-c2cccc(-c3cccc4c3cnn4Cc3cc(OC)c(CN(C4CCC(C(=O)O)CC4)C4CC4)cc3Cl)c2Cl)ccc1CNC[C@@H]1CCC(=O)N1. The summed E-state index contributed by atoms with van der Waals surface area (Å²) in [6.45, 7) is 2.51. The van der Waals surface area contributed by atoms with E-state index in [1.54, 1.807) is 14.2 Å². The van der Waals surface area contributed by atoms with Crippen molar-refractivity contribution in [2.24, 2.45) is 5.92 Å². The molecule has 1 aromatic heterocycles. The molecule has 1 saturated heterocycles. The van der Waals surface area contributed by atoms with Crippen LogP contribution < -0.4 is 20.1 Å². The number of hydrogen-bond acceptors (Lipinski definition) is 7. The van der Waals surface area contributed by atoms with Crippen LogP contribution in [-0.2, 0) is 29.2 Å². The fourth-order valence-corrected chi connectivity index (χ4v) is 9.33. The smallest absolute Gasteiger partial charge is 0.306 e. The molecule has 298 valence electrons. The minimum atomic E-state index is -0.674. The van der Waals surface area contributed by atoms with Crippen molar-refractivity contribution in [3.63, 3.8) is 0 Å². The topological polar surface area (TPSA) is 118 Å². The number of methoxy groups -OCH3 is 2. The third-order valence-corrected chi connectivity index (χ3v) is 12.8. The van der Waals surface area contributed by atoms with Gasteiger partial charge in [0.1, 0.15) is 11.5 Å². The van der Waals surface area contributed by atoms with Crippen LogP contribution in [0.2, 0.25) is 10.0 Å². The van der Waals surface area contributed by atoms with Crippen molar-refractivity contribution in [3.8, 4) is 33.8 Å². The molecule has 2 aliphatic carbocycles. The minimum absolute atomic E-state index is 0.114. The Bertz CT molecular complexity index is 2280. The van der Waals surface area contributed by atoms with Crippen LogP contribution in [0.15, 0.2) is 72.9 Å². The van der Waals surface area contributed by atoms with Gasteiger partial charge in [0.25, 0.3) is 0 Å². The number of aliphatic carboxylic acids is 1. The number of fused-ring (bicyclic) bond motifs is 1. The van der Waals surface area contributed by atoms with Crippen LogP contribution in [0.5, 0.6) is 11.5 Å². The Balaban J connectivity index is 1.00. The number of nitrogens with one attached hydrogen (secondary N) is 2. The summed E-state index contributed by atoms with van der Waals surface area (Å²) in [6, 6.07) is 23.5. The molecule has 3 aliphatic rings. The molecular weight excluding hydrogens is 761 g/mol. The molecule has 10 nitrogen and oxygen atoms in total. The summed E-state index contributed by atoms with van der Waals surface area (Å²) in [6.07, 6.45) is 8.91. The number of halogens is 2. The normalized spacial score (nSPS) is 19.6. The molecule has 0 bridgehead atoms. The fourth-order valence-electron chi connectivity index (χ4n) is 8.74. The molecule has 4 aromatic carbocycles. The number of aromatic nitrogens is 2. The number of rotatable bonds is 15. The molecule has 2 heterocycles. The van der Waals surface area contributed by atoms with Crippen LogP contribution in [-0.4, -0.2) is 70.6 Å². The lowest BCUT2D eigenvalue weighted by molar-refractivity contribution is -0.143. The van der Waals surface area contributed by atoms with Gasteiger partial charge in [0.05, 0.1) is 43.4 Å². The summed E-state index contributed by atoms with van der Waals surface area (Å²) in [5, 5.41) is 23.1. The molecule has 12 heteroatoms. The summed E-state index contributed by atoms with van der Waals surface area (Å²) < 4.78 is 13.7. The first-order valence-electron chi connectivity index (χ1n) is 19.9. The van der Waals surface area contributed by atoms with E-state index in [1.165, 1.54) is 12.8 Å². The number of ether oxygens (including phenoxy) is 2. The van der Waals surface area contributed by atoms with E-state index in [0.29, 0.717) is 48.2 Å². The van der Waals surface area contributed by atoms with E-state index in [-0.39, 0.29) is 17.9 Å². The van der Waals surface area contributed by atoms with Crippen LogP contribution in [0.3, 0.4) is 0 Å². The Kier molecular flexibility index (Phi) is 11.8. The van der Waals surface area contributed by atoms with Crippen molar-refractivity contribution in [3.05, 3.63) is 99.7 Å². The molecular formula is C45H49Cl2N5O5. The lowest BCUT2D eigenvalue weighted by Gasteiger charge is -2.36. The number of benzene rings is 4. The summed E-state index contributed by atoms with van der Waals surface area (Å²) in [5.74, 6) is 0.767. The standard InChI is InChI=1S/C45H49Cl2N5O5/c1-56-41-20-28(9-10-29(41)22-48-23-32-13-18-43(53)50-32)35-5-3-7-37(44(35)47)36-6-4-8-40-38(36)24-49-52(40)26-30-21-42(57-2)31(19-39(30)46)25-51(34-16-17-34)33-14-11-27(12-15-33)45(54)55/h3-10,19-21,24,27,32-34,48H,11-18,22-23,25-26H2,1-2H3,(H,50,53)(H,54,55)/t27?,32-,33?/m0/s1. The average Bonchev–Trinajstić information content (AvgIpc) is 3.85. The van der Waals surface area contributed by atoms with Gasteiger partial charge in [-0.15, -0.1) is 0 Å². The van der Waals surface area contributed by atoms with Crippen molar-refractivity contribution in [1.29, 1.82) is 0 Å². The second-order valence-corrected chi connectivity index (χ2v) is 16.5. The molecule has 1 aliphatic heterocycles. The van der Waals surface area contributed by atoms with Gasteiger partial charge in [-0.3, -0.25) is 19.2 Å². The Morgan fingerprint density at radius 2 is 1.58 bits per heavy atom. The maximum atomic E-state index is 11.6. The van der Waals surface area contributed by atoms with Gasteiger partial charge in [-0.1, -0.05) is 65.7 Å². The highest BCUT2D eigenvalue weighted by atomic mass is 35.5. The maximum absolute atomic E-state index is 11.6. The first-order chi connectivity index (χ1) is 27.7. The van der Waals surface area contributed by atoms with Gasteiger partial charge in [0.15, 0.2) is 0 Å². The van der Waals surface area contributed by atoms with Gasteiger partial charge in [-0.05, 0) is 85.9 Å². The third kappa shape index (κ3) is 8.51. The van der Waals surface area contributed by atoms with Crippen molar-refractivity contribution in [1.82, 2.24) is 25.3 Å². The van der Waals surface area contributed by atoms with Crippen molar-refractivity contribution in [2.45, 2.75) is 89.1 Å². The zero-order valence-electron chi connectivity index (χ0n) is 32.4. The second-order valence-electron chi connectivity index (χ2n) is 15.7. The van der Waals surface area contributed by atoms with Crippen molar-refractivity contribution in [2.75, 3.05) is 20.8 Å². The van der Waals surface area contributed by atoms with Gasteiger partial charge in [0, 0.05) is 76.8 Å². The van der Waals surface area contributed by atoms with Gasteiger partial charge in [-0.25, -0.2) is 0 Å². The van der Waals surface area contributed by atoms with Gasteiger partial charge in [-0.2, -0.15) is 5.10 Å². The molecule has 0 unspecified atom stereocenters. The largest absolute Gasteiger partial charge is 0.496 e. The quantitative estimate of drug-likeness (QED) is 0.0962. The number of carboxylic acid groups (broad SMARTS) is 1. The lowest BCUT2D eigenvalue weighted by atomic mass is 9.85. The molecule has 1 atom stereocenters. The Morgan fingerprint density at radius 1 is 0.877 bits per heavy atom. The summed E-state index contributed by atoms with van der Waals surface area (Å²) >= 11 is 14.3. The highest BCUT2D eigenvalue weighted by Crippen LogP contribution is 2.42. The van der Waals surface area contributed by atoms with Gasteiger partial charge >= 0.3 is 5.97 Å². The van der Waals surface area contributed by atoms with E-state index in [0.717, 1.165) is 100.0 Å². The maximum Gasteiger partial charge on any atom is 0.306 e. The molecule has 3 N–H and O–H groups in total. The highest BCUT2D eigenvalue weighted by Gasteiger charge is 2.37. The second kappa shape index (κ2) is 17.1. The van der Waals surface area contributed by atoms with E-state index in [2.05, 4.69) is 39.8 Å². The van der Waals surface area contributed by atoms with E-state index in [4.69, 9.17) is 37.8 Å². The minimum Gasteiger partial charge on any atom is -0.496 e. The number of hydrogen-bond donors (Lipinski definition) is 3. The molecule has 1 amide bonds. The predicted octanol–water partition coefficient (Wildman–Crippen LogP) is 8.72. The van der Waals surface area contributed by atoms with E-state index < -0.39 is 5.97 Å². The third-order valence-electron chi connectivity index (χ3n) is 12.0. The average molecular weight is 811 g/mol. The molecule has 3 fully saturated rings. The summed E-state index contributed by atoms with van der Waals surface area (Å²) in [5.41, 5.74) is 7.67. The lowest BCUT2D eigenvalue weighted by Crippen LogP contribution is -2.40.